The van der Waals surface area contributed by atoms with E-state index in [1.807, 2.05) is 13.8 Å². The van der Waals surface area contributed by atoms with Gasteiger partial charge in [-0.25, -0.2) is 0 Å². The van der Waals surface area contributed by atoms with Crippen LogP contribution in [0.3, 0.4) is 0 Å². The fraction of sp³-hybridized carbons (Fsp3) is 1.00. The van der Waals surface area contributed by atoms with Gasteiger partial charge in [-0.05, 0) is 20.3 Å². The van der Waals surface area contributed by atoms with Crippen molar-refractivity contribution in [1.82, 2.24) is 0 Å². The molecule has 0 heterocycles. The molecule has 0 radical (unpaired) electrons. The molecule has 1 nitrogen and oxygen atoms in total. The SMILES string of the molecule is CCCC(C)(C)O.[CaH2]. The molecule has 0 aromatic heterocycles. The Kier molecular flexibility index (Phi) is 7.53. The first-order valence-electron chi connectivity index (χ1n) is 2.78. The molecule has 0 aliphatic heterocycles. The van der Waals surface area contributed by atoms with Crippen LogP contribution in [0.1, 0.15) is 33.6 Å². The average molecular weight is 144 g/mol. The van der Waals surface area contributed by atoms with Gasteiger partial charge in [0.05, 0.1) is 5.60 Å². The van der Waals surface area contributed by atoms with Gasteiger partial charge < -0.3 is 5.11 Å². The minimum absolute atomic E-state index is 0. The second-order valence-electron chi connectivity index (χ2n) is 2.56. The van der Waals surface area contributed by atoms with Crippen LogP contribution in [0.15, 0.2) is 0 Å². The van der Waals surface area contributed by atoms with Crippen molar-refractivity contribution in [3.63, 3.8) is 0 Å². The van der Waals surface area contributed by atoms with Gasteiger partial charge in [0.2, 0.25) is 0 Å². The number of rotatable bonds is 2. The first-order chi connectivity index (χ1) is 3.06. The molecule has 2 heteroatoms. The fourth-order valence-corrected chi connectivity index (χ4v) is 0.612. The molecule has 1 N–H and O–H groups in total. The zero-order chi connectivity index (χ0) is 5.91. The summed E-state index contributed by atoms with van der Waals surface area (Å²) in [5.41, 5.74) is -0.450. The van der Waals surface area contributed by atoms with E-state index in [-0.39, 0.29) is 37.7 Å². The zero-order valence-corrected chi connectivity index (χ0v) is 5.36. The van der Waals surface area contributed by atoms with Crippen LogP contribution in [-0.4, -0.2) is 48.4 Å². The molecule has 0 aliphatic carbocycles. The van der Waals surface area contributed by atoms with Gasteiger partial charge in [-0.1, -0.05) is 13.3 Å². The number of hydrogen-bond acceptors (Lipinski definition) is 1. The maximum atomic E-state index is 9.02. The minimum atomic E-state index is -0.450. The van der Waals surface area contributed by atoms with Crippen molar-refractivity contribution >= 4 is 37.7 Å². The van der Waals surface area contributed by atoms with Crippen molar-refractivity contribution in [1.29, 1.82) is 0 Å². The zero-order valence-electron chi connectivity index (χ0n) is 5.36. The summed E-state index contributed by atoms with van der Waals surface area (Å²) in [5, 5.41) is 9.02. The van der Waals surface area contributed by atoms with Gasteiger partial charge in [-0.2, -0.15) is 0 Å². The van der Waals surface area contributed by atoms with Gasteiger partial charge in [0, 0.05) is 0 Å². The van der Waals surface area contributed by atoms with Crippen LogP contribution in [0.2, 0.25) is 0 Å². The van der Waals surface area contributed by atoms with Crippen LogP contribution in [0.4, 0.5) is 0 Å². The molecule has 0 amide bonds. The standard InChI is InChI=1S/C6H14O.Ca.2H/c1-4-5-6(2,3)7;;;/h7H,4-5H2,1-3H3;;;. The van der Waals surface area contributed by atoms with Crippen molar-refractivity contribution in [2.45, 2.75) is 39.2 Å². The third-order valence-electron chi connectivity index (χ3n) is 0.862. The summed E-state index contributed by atoms with van der Waals surface area (Å²) < 4.78 is 0. The summed E-state index contributed by atoms with van der Waals surface area (Å²) in [5.74, 6) is 0. The normalized spacial score (nSPS) is 10.5. The summed E-state index contributed by atoms with van der Waals surface area (Å²) in [4.78, 5) is 0. The summed E-state index contributed by atoms with van der Waals surface area (Å²) >= 11 is 0. The van der Waals surface area contributed by atoms with Crippen molar-refractivity contribution in [2.75, 3.05) is 0 Å². The molecule has 0 unspecified atom stereocenters. The summed E-state index contributed by atoms with van der Waals surface area (Å²) in [6, 6.07) is 0. The van der Waals surface area contributed by atoms with Gasteiger partial charge in [0.25, 0.3) is 0 Å². The molecule has 0 atom stereocenters. The third-order valence-corrected chi connectivity index (χ3v) is 0.862. The molecule has 48 valence electrons. The summed E-state index contributed by atoms with van der Waals surface area (Å²) in [6.45, 7) is 5.73. The molecular weight excluding hydrogens is 128 g/mol. The topological polar surface area (TPSA) is 20.2 Å². The van der Waals surface area contributed by atoms with E-state index in [0.29, 0.717) is 0 Å². The monoisotopic (exact) mass is 144 g/mol. The van der Waals surface area contributed by atoms with E-state index in [2.05, 4.69) is 6.92 Å². The number of hydrogen-bond donors (Lipinski definition) is 1. The van der Waals surface area contributed by atoms with E-state index < -0.39 is 5.60 Å². The maximum absolute atomic E-state index is 9.02. The Balaban J connectivity index is 0. The van der Waals surface area contributed by atoms with E-state index in [1.54, 1.807) is 0 Å². The first kappa shape index (κ1) is 12.0. The van der Waals surface area contributed by atoms with Crippen LogP contribution >= 0.6 is 0 Å². The molecule has 0 saturated heterocycles. The molecule has 0 bridgehead atoms. The fourth-order valence-electron chi connectivity index (χ4n) is 0.612. The van der Waals surface area contributed by atoms with Gasteiger partial charge in [0.1, 0.15) is 0 Å². The van der Waals surface area contributed by atoms with Gasteiger partial charge in [-0.3, -0.25) is 0 Å². The average Bonchev–Trinajstić information content (AvgIpc) is 1.30. The molecule has 0 fully saturated rings. The Morgan fingerprint density at radius 3 is 1.75 bits per heavy atom. The van der Waals surface area contributed by atoms with Crippen LogP contribution in [-0.2, 0) is 0 Å². The predicted molar refractivity (Wildman–Crippen MR) is 39.7 cm³/mol. The molecule has 0 aromatic rings. The Hall–Kier alpha value is 1.22. The van der Waals surface area contributed by atoms with E-state index in [0.717, 1.165) is 12.8 Å². The molecule has 0 saturated carbocycles. The summed E-state index contributed by atoms with van der Waals surface area (Å²) in [6.07, 6.45) is 1.95. The van der Waals surface area contributed by atoms with E-state index in [4.69, 9.17) is 5.11 Å². The Bertz CT molecular complexity index is 47.0. The number of aliphatic hydroxyl groups is 1. The second-order valence-corrected chi connectivity index (χ2v) is 2.56. The molecule has 0 rings (SSSR count). The summed E-state index contributed by atoms with van der Waals surface area (Å²) in [7, 11) is 0. The molecule has 8 heavy (non-hydrogen) atoms. The Morgan fingerprint density at radius 2 is 1.75 bits per heavy atom. The van der Waals surface area contributed by atoms with Crippen molar-refractivity contribution < 1.29 is 5.11 Å². The van der Waals surface area contributed by atoms with Crippen molar-refractivity contribution in [3.05, 3.63) is 0 Å². The van der Waals surface area contributed by atoms with E-state index in [9.17, 15) is 0 Å². The van der Waals surface area contributed by atoms with Crippen LogP contribution in [0.25, 0.3) is 0 Å². The van der Waals surface area contributed by atoms with E-state index >= 15 is 0 Å². The Labute approximate surface area is 81.5 Å². The first-order valence-corrected chi connectivity index (χ1v) is 2.78. The van der Waals surface area contributed by atoms with E-state index in [1.165, 1.54) is 0 Å². The van der Waals surface area contributed by atoms with Gasteiger partial charge in [0.15, 0.2) is 0 Å². The Morgan fingerprint density at radius 1 is 1.38 bits per heavy atom. The second kappa shape index (κ2) is 5.04. The predicted octanol–water partition coefficient (Wildman–Crippen LogP) is 0.641. The van der Waals surface area contributed by atoms with Crippen molar-refractivity contribution in [3.8, 4) is 0 Å². The molecule has 0 aromatic carbocycles. The van der Waals surface area contributed by atoms with Gasteiger partial charge >= 0.3 is 37.7 Å². The van der Waals surface area contributed by atoms with Crippen LogP contribution in [0, 0.1) is 0 Å². The van der Waals surface area contributed by atoms with Gasteiger partial charge in [-0.15, -0.1) is 0 Å². The third kappa shape index (κ3) is 10.3. The quantitative estimate of drug-likeness (QED) is 0.564. The van der Waals surface area contributed by atoms with Crippen LogP contribution in [0.5, 0.6) is 0 Å². The van der Waals surface area contributed by atoms with Crippen molar-refractivity contribution in [2.24, 2.45) is 0 Å². The molecule has 0 spiro atoms. The molecule has 0 aliphatic rings. The molecular formula is C6H16CaO. The van der Waals surface area contributed by atoms with Crippen LogP contribution < -0.4 is 0 Å².